The normalized spacial score (nSPS) is 11.8. The van der Waals surface area contributed by atoms with Gasteiger partial charge in [-0.3, -0.25) is 4.79 Å². The summed E-state index contributed by atoms with van der Waals surface area (Å²) in [4.78, 5) is 12.0. The third kappa shape index (κ3) is 5.48. The van der Waals surface area contributed by atoms with Crippen molar-refractivity contribution >= 4 is 5.91 Å². The Balaban J connectivity index is 2.46. The second-order valence-electron chi connectivity index (χ2n) is 4.33. The monoisotopic (exact) mass is 281 g/mol. The fourth-order valence-corrected chi connectivity index (χ4v) is 1.68. The molecule has 0 aliphatic rings. The summed E-state index contributed by atoms with van der Waals surface area (Å²) in [7, 11) is 3.25. The Kier molecular flexibility index (Phi) is 7.50. The highest BCUT2D eigenvalue weighted by Gasteiger charge is 2.17. The Morgan fingerprint density at radius 1 is 1.20 bits per heavy atom. The molecule has 1 aromatic carbocycles. The van der Waals surface area contributed by atoms with Crippen LogP contribution in [0.15, 0.2) is 24.3 Å². The first-order valence-corrected chi connectivity index (χ1v) is 6.78. The Morgan fingerprint density at radius 3 is 2.40 bits per heavy atom. The van der Waals surface area contributed by atoms with Gasteiger partial charge in [0.05, 0.1) is 7.11 Å². The fraction of sp³-hybridized carbons (Fsp3) is 0.533. The van der Waals surface area contributed by atoms with Gasteiger partial charge in [-0.1, -0.05) is 6.92 Å². The van der Waals surface area contributed by atoms with E-state index in [4.69, 9.17) is 14.2 Å². The van der Waals surface area contributed by atoms with Gasteiger partial charge in [0.25, 0.3) is 5.91 Å². The van der Waals surface area contributed by atoms with Gasteiger partial charge in [0.2, 0.25) is 0 Å². The van der Waals surface area contributed by atoms with Gasteiger partial charge in [0, 0.05) is 20.3 Å². The number of amides is 1. The summed E-state index contributed by atoms with van der Waals surface area (Å²) in [6, 6.07) is 7.19. The quantitative estimate of drug-likeness (QED) is 0.703. The standard InChI is InChI=1S/C15H23NO4/c1-4-14(15(17)16-10-5-11-18-2)20-13-8-6-12(19-3)7-9-13/h6-9,14H,4-5,10-11H2,1-3H3,(H,16,17). The Bertz CT molecular complexity index is 391. The summed E-state index contributed by atoms with van der Waals surface area (Å²) in [6.45, 7) is 3.15. The van der Waals surface area contributed by atoms with Gasteiger partial charge >= 0.3 is 0 Å². The number of carbonyl (C=O) groups excluding carboxylic acids is 1. The predicted molar refractivity (Wildman–Crippen MR) is 77.2 cm³/mol. The zero-order valence-electron chi connectivity index (χ0n) is 12.3. The molecule has 1 N–H and O–H groups in total. The van der Waals surface area contributed by atoms with Gasteiger partial charge < -0.3 is 19.5 Å². The van der Waals surface area contributed by atoms with Crippen molar-refractivity contribution in [2.45, 2.75) is 25.9 Å². The van der Waals surface area contributed by atoms with E-state index in [9.17, 15) is 4.79 Å². The lowest BCUT2D eigenvalue weighted by Gasteiger charge is -2.17. The minimum absolute atomic E-state index is 0.0978. The lowest BCUT2D eigenvalue weighted by molar-refractivity contribution is -0.128. The van der Waals surface area contributed by atoms with E-state index in [0.717, 1.165) is 12.2 Å². The lowest BCUT2D eigenvalue weighted by Crippen LogP contribution is -2.38. The van der Waals surface area contributed by atoms with Crippen LogP contribution < -0.4 is 14.8 Å². The van der Waals surface area contributed by atoms with Crippen LogP contribution in [0.4, 0.5) is 0 Å². The molecule has 0 saturated carbocycles. The van der Waals surface area contributed by atoms with E-state index in [1.807, 2.05) is 6.92 Å². The average molecular weight is 281 g/mol. The second-order valence-corrected chi connectivity index (χ2v) is 4.33. The van der Waals surface area contributed by atoms with Gasteiger partial charge in [-0.2, -0.15) is 0 Å². The molecular formula is C15H23NO4. The zero-order chi connectivity index (χ0) is 14.8. The number of ether oxygens (including phenoxy) is 3. The highest BCUT2D eigenvalue weighted by atomic mass is 16.5. The molecule has 20 heavy (non-hydrogen) atoms. The van der Waals surface area contributed by atoms with Crippen molar-refractivity contribution in [1.29, 1.82) is 0 Å². The van der Waals surface area contributed by atoms with Crippen molar-refractivity contribution in [3.8, 4) is 11.5 Å². The maximum absolute atomic E-state index is 12.0. The highest BCUT2D eigenvalue weighted by Crippen LogP contribution is 2.18. The maximum atomic E-state index is 12.0. The number of rotatable bonds is 9. The van der Waals surface area contributed by atoms with Gasteiger partial charge in [-0.25, -0.2) is 0 Å². The highest BCUT2D eigenvalue weighted by molar-refractivity contribution is 5.81. The molecule has 0 aromatic heterocycles. The molecule has 1 rings (SSSR count). The Hall–Kier alpha value is -1.75. The molecule has 1 amide bonds. The molecule has 0 radical (unpaired) electrons. The SMILES string of the molecule is CCC(Oc1ccc(OC)cc1)C(=O)NCCCOC. The van der Waals surface area contributed by atoms with Gasteiger partial charge in [-0.15, -0.1) is 0 Å². The smallest absolute Gasteiger partial charge is 0.261 e. The molecule has 5 nitrogen and oxygen atoms in total. The zero-order valence-corrected chi connectivity index (χ0v) is 12.3. The molecule has 0 saturated heterocycles. The number of hydrogen-bond donors (Lipinski definition) is 1. The number of carbonyl (C=O) groups is 1. The summed E-state index contributed by atoms with van der Waals surface area (Å²) >= 11 is 0. The van der Waals surface area contributed by atoms with Crippen molar-refractivity contribution < 1.29 is 19.0 Å². The fourth-order valence-electron chi connectivity index (χ4n) is 1.68. The molecule has 5 heteroatoms. The molecule has 1 atom stereocenters. The number of hydrogen-bond acceptors (Lipinski definition) is 4. The molecule has 0 heterocycles. The number of methoxy groups -OCH3 is 2. The van der Waals surface area contributed by atoms with Gasteiger partial charge in [0.1, 0.15) is 11.5 Å². The first kappa shape index (κ1) is 16.3. The van der Waals surface area contributed by atoms with Crippen LogP contribution in [0, 0.1) is 0 Å². The van der Waals surface area contributed by atoms with Crippen molar-refractivity contribution in [2.75, 3.05) is 27.4 Å². The molecular weight excluding hydrogens is 258 g/mol. The maximum Gasteiger partial charge on any atom is 0.261 e. The van der Waals surface area contributed by atoms with Gasteiger partial charge in [-0.05, 0) is 37.1 Å². The van der Waals surface area contributed by atoms with E-state index >= 15 is 0 Å². The van der Waals surface area contributed by atoms with E-state index in [0.29, 0.717) is 25.3 Å². The molecule has 0 aliphatic carbocycles. The summed E-state index contributed by atoms with van der Waals surface area (Å²) < 4.78 is 15.7. The molecule has 1 unspecified atom stereocenters. The largest absolute Gasteiger partial charge is 0.497 e. The average Bonchev–Trinajstić information content (AvgIpc) is 2.49. The van der Waals surface area contributed by atoms with Crippen LogP contribution in [0.25, 0.3) is 0 Å². The van der Waals surface area contributed by atoms with Crippen molar-refractivity contribution in [3.05, 3.63) is 24.3 Å². The third-order valence-corrected chi connectivity index (χ3v) is 2.83. The van der Waals surface area contributed by atoms with Crippen LogP contribution in [0.1, 0.15) is 19.8 Å². The first-order chi connectivity index (χ1) is 9.71. The van der Waals surface area contributed by atoms with Crippen LogP contribution in [0.3, 0.4) is 0 Å². The molecule has 0 fully saturated rings. The summed E-state index contributed by atoms with van der Waals surface area (Å²) in [5, 5.41) is 2.84. The van der Waals surface area contributed by atoms with Crippen LogP contribution in [-0.4, -0.2) is 39.4 Å². The third-order valence-electron chi connectivity index (χ3n) is 2.83. The first-order valence-electron chi connectivity index (χ1n) is 6.78. The minimum atomic E-state index is -0.481. The van der Waals surface area contributed by atoms with Crippen LogP contribution in [-0.2, 0) is 9.53 Å². The Morgan fingerprint density at radius 2 is 1.85 bits per heavy atom. The van der Waals surface area contributed by atoms with Crippen LogP contribution >= 0.6 is 0 Å². The van der Waals surface area contributed by atoms with E-state index < -0.39 is 6.10 Å². The summed E-state index contributed by atoms with van der Waals surface area (Å²) in [6.07, 6.45) is 0.925. The van der Waals surface area contributed by atoms with E-state index in [1.54, 1.807) is 38.5 Å². The summed E-state index contributed by atoms with van der Waals surface area (Å²) in [5.41, 5.74) is 0. The minimum Gasteiger partial charge on any atom is -0.497 e. The topological polar surface area (TPSA) is 56.8 Å². The number of benzene rings is 1. The van der Waals surface area contributed by atoms with Crippen LogP contribution in [0.5, 0.6) is 11.5 Å². The van der Waals surface area contributed by atoms with E-state index in [1.165, 1.54) is 0 Å². The molecule has 0 bridgehead atoms. The van der Waals surface area contributed by atoms with Crippen molar-refractivity contribution in [2.24, 2.45) is 0 Å². The van der Waals surface area contributed by atoms with Crippen molar-refractivity contribution in [1.82, 2.24) is 5.32 Å². The van der Waals surface area contributed by atoms with Crippen LogP contribution in [0.2, 0.25) is 0 Å². The second kappa shape index (κ2) is 9.20. The number of nitrogens with one attached hydrogen (secondary N) is 1. The summed E-state index contributed by atoms with van der Waals surface area (Å²) in [5.74, 6) is 1.32. The molecule has 0 spiro atoms. The van der Waals surface area contributed by atoms with Gasteiger partial charge in [0.15, 0.2) is 6.10 Å². The Labute approximate surface area is 120 Å². The molecule has 1 aromatic rings. The van der Waals surface area contributed by atoms with Crippen molar-refractivity contribution in [3.63, 3.8) is 0 Å². The van der Waals surface area contributed by atoms with E-state index in [2.05, 4.69) is 5.32 Å². The molecule has 112 valence electrons. The molecule has 0 aliphatic heterocycles. The predicted octanol–water partition coefficient (Wildman–Crippen LogP) is 2.01. The lowest BCUT2D eigenvalue weighted by atomic mass is 10.2. The van der Waals surface area contributed by atoms with E-state index in [-0.39, 0.29) is 5.91 Å².